The summed E-state index contributed by atoms with van der Waals surface area (Å²) in [5.74, 6) is 0.820. The lowest BCUT2D eigenvalue weighted by Gasteiger charge is -2.19. The molecule has 0 N–H and O–H groups in total. The van der Waals surface area contributed by atoms with Crippen molar-refractivity contribution in [1.82, 2.24) is 0 Å². The van der Waals surface area contributed by atoms with Gasteiger partial charge in [0.15, 0.2) is 0 Å². The van der Waals surface area contributed by atoms with Gasteiger partial charge in [0.2, 0.25) is 0 Å². The number of benzene rings is 2. The van der Waals surface area contributed by atoms with Crippen molar-refractivity contribution >= 4 is 10.8 Å². The van der Waals surface area contributed by atoms with E-state index in [-0.39, 0.29) is 0 Å². The fourth-order valence-electron chi connectivity index (χ4n) is 2.16. The van der Waals surface area contributed by atoms with Crippen LogP contribution in [-0.4, -0.2) is 11.3 Å². The molecular weight excluding hydrogens is 232 g/mol. The third-order valence-corrected chi connectivity index (χ3v) is 4.62. The van der Waals surface area contributed by atoms with Crippen LogP contribution in [0.4, 0.5) is 0 Å². The lowest BCUT2D eigenvalue weighted by atomic mass is 10.0. The molecule has 3 rings (SSSR count). The average molecular weight is 244 g/mol. The zero-order valence-corrected chi connectivity index (χ0v) is 10.3. The Labute approximate surface area is 103 Å². The number of rotatable bonds is 1. The van der Waals surface area contributed by atoms with Gasteiger partial charge in [-0.2, -0.15) is 0 Å². The third kappa shape index (κ3) is 1.67. The topological polar surface area (TPSA) is 26.3 Å². The summed E-state index contributed by atoms with van der Waals surface area (Å²) < 4.78 is 17.6. The summed E-state index contributed by atoms with van der Waals surface area (Å²) in [4.78, 5) is 1.84. The summed E-state index contributed by atoms with van der Waals surface area (Å²) in [5, 5.41) is 0. The van der Waals surface area contributed by atoms with Gasteiger partial charge < -0.3 is 4.74 Å². The third-order valence-electron chi connectivity index (χ3n) is 3.02. The molecule has 2 aromatic carbocycles. The van der Waals surface area contributed by atoms with E-state index in [4.69, 9.17) is 4.74 Å². The van der Waals surface area contributed by atoms with Crippen LogP contribution >= 0.6 is 0 Å². The van der Waals surface area contributed by atoms with Crippen molar-refractivity contribution in [2.75, 3.05) is 7.11 Å². The van der Waals surface area contributed by atoms with Crippen LogP contribution in [0.1, 0.15) is 11.1 Å². The molecule has 0 aliphatic carbocycles. The number of ether oxygens (including phenoxy) is 1. The second-order valence-corrected chi connectivity index (χ2v) is 5.44. The maximum atomic E-state index is 12.4. The molecule has 0 saturated carbocycles. The lowest BCUT2D eigenvalue weighted by molar-refractivity contribution is 0.414. The molecule has 0 amide bonds. The Morgan fingerprint density at radius 2 is 1.82 bits per heavy atom. The van der Waals surface area contributed by atoms with Gasteiger partial charge in [-0.3, -0.25) is 0 Å². The molecule has 1 heterocycles. The minimum atomic E-state index is -1.06. The van der Waals surface area contributed by atoms with E-state index in [1.807, 2.05) is 42.5 Å². The predicted molar refractivity (Wildman–Crippen MR) is 66.9 cm³/mol. The fraction of sp³-hybridized carbons (Fsp3) is 0.143. The molecule has 0 unspecified atom stereocenters. The van der Waals surface area contributed by atoms with Crippen LogP contribution in [0.25, 0.3) is 0 Å². The largest absolute Gasteiger partial charge is 0.497 e. The Morgan fingerprint density at radius 1 is 1.06 bits per heavy atom. The minimum Gasteiger partial charge on any atom is -0.497 e. The Kier molecular flexibility index (Phi) is 2.48. The molecule has 1 aliphatic heterocycles. The van der Waals surface area contributed by atoms with E-state index in [0.717, 1.165) is 33.1 Å². The van der Waals surface area contributed by atoms with E-state index < -0.39 is 10.8 Å². The second kappa shape index (κ2) is 4.00. The van der Waals surface area contributed by atoms with Crippen molar-refractivity contribution in [3.63, 3.8) is 0 Å². The fourth-order valence-corrected chi connectivity index (χ4v) is 3.53. The maximum absolute atomic E-state index is 12.4. The highest BCUT2D eigenvalue weighted by molar-refractivity contribution is 7.85. The summed E-state index contributed by atoms with van der Waals surface area (Å²) >= 11 is 0. The van der Waals surface area contributed by atoms with Gasteiger partial charge in [-0.05, 0) is 41.8 Å². The van der Waals surface area contributed by atoms with Crippen molar-refractivity contribution in [3.8, 4) is 5.75 Å². The van der Waals surface area contributed by atoms with E-state index in [9.17, 15) is 4.21 Å². The average Bonchev–Trinajstić information content (AvgIpc) is 2.38. The van der Waals surface area contributed by atoms with Gasteiger partial charge in [0.05, 0.1) is 17.9 Å². The molecule has 86 valence electrons. The van der Waals surface area contributed by atoms with E-state index >= 15 is 0 Å². The summed E-state index contributed by atoms with van der Waals surface area (Å²) in [7, 11) is 0.592. The minimum absolute atomic E-state index is 0.820. The summed E-state index contributed by atoms with van der Waals surface area (Å²) in [6.07, 6.45) is 0.828. The SMILES string of the molecule is COc1ccc2c(c1)Cc1ccccc1[S@@]2=O. The molecule has 1 atom stereocenters. The smallest absolute Gasteiger partial charge is 0.119 e. The summed E-state index contributed by atoms with van der Waals surface area (Å²) in [6, 6.07) is 13.6. The molecule has 0 saturated heterocycles. The number of methoxy groups -OCH3 is 1. The van der Waals surface area contributed by atoms with Gasteiger partial charge in [0.25, 0.3) is 0 Å². The van der Waals surface area contributed by atoms with Crippen LogP contribution in [0.3, 0.4) is 0 Å². The van der Waals surface area contributed by atoms with Crippen LogP contribution in [0.15, 0.2) is 52.3 Å². The first-order valence-corrected chi connectivity index (χ1v) is 6.61. The Hall–Kier alpha value is -1.61. The molecular formula is C14H12O2S. The highest BCUT2D eigenvalue weighted by atomic mass is 32.2. The van der Waals surface area contributed by atoms with Crippen molar-refractivity contribution in [2.24, 2.45) is 0 Å². The normalized spacial score (nSPS) is 17.1. The van der Waals surface area contributed by atoms with Gasteiger partial charge in [-0.15, -0.1) is 0 Å². The second-order valence-electron chi connectivity index (χ2n) is 4.03. The number of fused-ring (bicyclic) bond motifs is 2. The molecule has 0 aromatic heterocycles. The van der Waals surface area contributed by atoms with Crippen molar-refractivity contribution in [2.45, 2.75) is 16.2 Å². The first kappa shape index (κ1) is 10.5. The van der Waals surface area contributed by atoms with Gasteiger partial charge in [-0.25, -0.2) is 4.21 Å². The van der Waals surface area contributed by atoms with Crippen molar-refractivity contribution in [3.05, 3.63) is 53.6 Å². The number of hydrogen-bond acceptors (Lipinski definition) is 2. The first-order valence-electron chi connectivity index (χ1n) is 5.46. The van der Waals surface area contributed by atoms with Gasteiger partial charge in [0.1, 0.15) is 5.75 Å². The molecule has 2 aromatic rings. The molecule has 17 heavy (non-hydrogen) atoms. The molecule has 0 spiro atoms. The zero-order chi connectivity index (χ0) is 11.8. The van der Waals surface area contributed by atoms with E-state index in [1.54, 1.807) is 7.11 Å². The van der Waals surface area contributed by atoms with Crippen LogP contribution in [0.5, 0.6) is 5.75 Å². The Balaban J connectivity index is 2.16. The molecule has 3 heteroatoms. The number of hydrogen-bond donors (Lipinski definition) is 0. The van der Waals surface area contributed by atoms with Gasteiger partial charge >= 0.3 is 0 Å². The molecule has 2 nitrogen and oxygen atoms in total. The van der Waals surface area contributed by atoms with Crippen LogP contribution in [-0.2, 0) is 17.2 Å². The maximum Gasteiger partial charge on any atom is 0.119 e. The molecule has 0 fully saturated rings. The van der Waals surface area contributed by atoms with Crippen LogP contribution in [0, 0.1) is 0 Å². The highest BCUT2D eigenvalue weighted by Crippen LogP contribution is 2.33. The van der Waals surface area contributed by atoms with Crippen molar-refractivity contribution in [1.29, 1.82) is 0 Å². The molecule has 1 aliphatic rings. The highest BCUT2D eigenvalue weighted by Gasteiger charge is 2.21. The predicted octanol–water partition coefficient (Wildman–Crippen LogP) is 2.77. The Morgan fingerprint density at radius 3 is 2.65 bits per heavy atom. The summed E-state index contributed by atoms with van der Waals surface area (Å²) in [6.45, 7) is 0. The van der Waals surface area contributed by atoms with Crippen LogP contribution < -0.4 is 4.74 Å². The molecule has 0 bridgehead atoms. The first-order chi connectivity index (χ1) is 8.29. The Bertz CT molecular complexity index is 605. The summed E-state index contributed by atoms with van der Waals surface area (Å²) in [5.41, 5.74) is 2.24. The zero-order valence-electron chi connectivity index (χ0n) is 9.47. The van der Waals surface area contributed by atoms with E-state index in [0.29, 0.717) is 0 Å². The quantitative estimate of drug-likeness (QED) is 0.658. The molecule has 0 radical (unpaired) electrons. The van der Waals surface area contributed by atoms with Crippen molar-refractivity contribution < 1.29 is 8.95 Å². The van der Waals surface area contributed by atoms with E-state index in [1.165, 1.54) is 0 Å². The monoisotopic (exact) mass is 244 g/mol. The van der Waals surface area contributed by atoms with Crippen LogP contribution in [0.2, 0.25) is 0 Å². The standard InChI is InChI=1S/C14H12O2S/c1-16-12-6-7-14-11(9-12)8-10-4-2-3-5-13(10)17(14)15/h2-7,9H,8H2,1H3/t17-/m0/s1. The van der Waals surface area contributed by atoms with E-state index in [2.05, 4.69) is 0 Å². The van der Waals surface area contributed by atoms with Gasteiger partial charge in [-0.1, -0.05) is 18.2 Å². The van der Waals surface area contributed by atoms with Gasteiger partial charge in [0, 0.05) is 9.79 Å². The lowest BCUT2D eigenvalue weighted by Crippen LogP contribution is -2.09.